The fourth-order valence-electron chi connectivity index (χ4n) is 2.94. The highest BCUT2D eigenvalue weighted by atomic mass is 127. The third kappa shape index (κ3) is 5.35. The van der Waals surface area contributed by atoms with Crippen molar-refractivity contribution in [3.8, 4) is 0 Å². The van der Waals surface area contributed by atoms with E-state index in [0.29, 0.717) is 6.54 Å². The maximum Gasteiger partial charge on any atom is 0.410 e. The van der Waals surface area contributed by atoms with Crippen molar-refractivity contribution >= 4 is 28.7 Å². The van der Waals surface area contributed by atoms with Gasteiger partial charge in [0.15, 0.2) is 0 Å². The average molecular weight is 430 g/mol. The summed E-state index contributed by atoms with van der Waals surface area (Å²) < 4.78 is 6.81. The van der Waals surface area contributed by atoms with E-state index >= 15 is 0 Å². The molecule has 1 aromatic carbocycles. The van der Waals surface area contributed by atoms with Gasteiger partial charge in [-0.15, -0.1) is 0 Å². The van der Waals surface area contributed by atoms with E-state index in [1.165, 1.54) is 9.13 Å². The molecular weight excluding hydrogens is 403 g/mol. The van der Waals surface area contributed by atoms with Crippen LogP contribution in [0.5, 0.6) is 0 Å². The molecule has 1 heterocycles. The van der Waals surface area contributed by atoms with Gasteiger partial charge in [-0.1, -0.05) is 12.1 Å². The van der Waals surface area contributed by atoms with Crippen LogP contribution < -0.4 is 0 Å². The fraction of sp³-hybridized carbons (Fsp3) is 0.611. The number of nitrogens with zero attached hydrogens (tertiary/aromatic N) is 2. The van der Waals surface area contributed by atoms with E-state index in [4.69, 9.17) is 4.74 Å². The second-order valence-electron chi connectivity index (χ2n) is 7.78. The molecule has 0 aromatic heterocycles. The third-order valence-corrected chi connectivity index (χ3v) is 4.56. The summed E-state index contributed by atoms with van der Waals surface area (Å²) in [7, 11) is 0. The van der Waals surface area contributed by atoms with Gasteiger partial charge < -0.3 is 9.64 Å². The number of carbonyl (C=O) groups is 1. The zero-order valence-corrected chi connectivity index (χ0v) is 16.9. The van der Waals surface area contributed by atoms with Gasteiger partial charge in [-0.3, -0.25) is 4.90 Å². The molecule has 0 saturated carbocycles. The first-order valence-corrected chi connectivity index (χ1v) is 9.12. The van der Waals surface area contributed by atoms with Gasteiger partial charge in [0.2, 0.25) is 0 Å². The molecule has 1 saturated heterocycles. The lowest BCUT2D eigenvalue weighted by Gasteiger charge is -2.47. The van der Waals surface area contributed by atoms with Crippen LogP contribution >= 0.6 is 22.6 Å². The fourth-order valence-corrected chi connectivity index (χ4v) is 3.55. The van der Waals surface area contributed by atoms with E-state index in [9.17, 15) is 4.79 Å². The summed E-state index contributed by atoms with van der Waals surface area (Å²) in [6.07, 6.45) is -0.212. The van der Waals surface area contributed by atoms with E-state index in [2.05, 4.69) is 65.6 Å². The van der Waals surface area contributed by atoms with Crippen molar-refractivity contribution in [1.29, 1.82) is 0 Å². The highest BCUT2D eigenvalue weighted by Crippen LogP contribution is 2.25. The smallest absolute Gasteiger partial charge is 0.410 e. The molecule has 4 nitrogen and oxygen atoms in total. The molecule has 0 aliphatic carbocycles. The lowest BCUT2D eigenvalue weighted by atomic mass is 9.99. The first-order chi connectivity index (χ1) is 10.6. The molecule has 128 valence electrons. The number of ether oxygens (including phenoxy) is 1. The van der Waals surface area contributed by atoms with Gasteiger partial charge in [0, 0.05) is 29.7 Å². The Hall–Kier alpha value is -0.820. The van der Waals surface area contributed by atoms with Crippen LogP contribution in [0.15, 0.2) is 24.3 Å². The number of carbonyl (C=O) groups excluding carboxylic acids is 1. The van der Waals surface area contributed by atoms with Crippen molar-refractivity contribution in [2.24, 2.45) is 0 Å². The van der Waals surface area contributed by atoms with Crippen molar-refractivity contribution in [3.05, 3.63) is 33.4 Å². The van der Waals surface area contributed by atoms with Crippen molar-refractivity contribution < 1.29 is 9.53 Å². The Kier molecular flexibility index (Phi) is 5.61. The Labute approximate surface area is 153 Å². The molecule has 0 unspecified atom stereocenters. The summed E-state index contributed by atoms with van der Waals surface area (Å²) >= 11 is 2.34. The van der Waals surface area contributed by atoms with Gasteiger partial charge in [-0.2, -0.15) is 0 Å². The van der Waals surface area contributed by atoms with Gasteiger partial charge in [-0.05, 0) is 74.9 Å². The molecule has 5 heteroatoms. The van der Waals surface area contributed by atoms with E-state index in [-0.39, 0.29) is 11.6 Å². The Morgan fingerprint density at radius 2 is 2.00 bits per heavy atom. The average Bonchev–Trinajstić information content (AvgIpc) is 2.35. The molecule has 0 atom stereocenters. The van der Waals surface area contributed by atoms with Crippen molar-refractivity contribution in [2.45, 2.75) is 52.3 Å². The standard InChI is InChI=1S/C18H27IN2O2/c1-17(2,3)23-16(22)21-10-9-20(13-18(21,4)5)12-14-7-6-8-15(19)11-14/h6-8,11H,9-10,12-13H2,1-5H3. The third-order valence-electron chi connectivity index (χ3n) is 3.89. The van der Waals surface area contributed by atoms with Crippen LogP contribution in [0.25, 0.3) is 0 Å². The topological polar surface area (TPSA) is 32.8 Å². The van der Waals surface area contributed by atoms with Gasteiger partial charge in [0.05, 0.1) is 5.54 Å². The molecule has 0 N–H and O–H groups in total. The number of piperazine rings is 1. The molecule has 2 rings (SSSR count). The molecular formula is C18H27IN2O2. The number of rotatable bonds is 2. The summed E-state index contributed by atoms with van der Waals surface area (Å²) in [4.78, 5) is 16.7. The minimum Gasteiger partial charge on any atom is -0.444 e. The van der Waals surface area contributed by atoms with Crippen LogP contribution in [0.2, 0.25) is 0 Å². The number of amides is 1. The molecule has 0 bridgehead atoms. The van der Waals surface area contributed by atoms with Gasteiger partial charge >= 0.3 is 6.09 Å². The number of halogens is 1. The first kappa shape index (κ1) is 18.5. The maximum atomic E-state index is 12.4. The maximum absolute atomic E-state index is 12.4. The van der Waals surface area contributed by atoms with Crippen LogP contribution in [0.4, 0.5) is 4.79 Å². The second-order valence-corrected chi connectivity index (χ2v) is 9.03. The van der Waals surface area contributed by atoms with Crippen LogP contribution in [0.1, 0.15) is 40.2 Å². The van der Waals surface area contributed by atoms with Gasteiger partial charge in [-0.25, -0.2) is 4.79 Å². The molecule has 1 aliphatic rings. The molecule has 1 aliphatic heterocycles. The van der Waals surface area contributed by atoms with E-state index in [0.717, 1.165) is 19.6 Å². The minimum absolute atomic E-state index is 0.212. The van der Waals surface area contributed by atoms with Crippen molar-refractivity contribution in [3.63, 3.8) is 0 Å². The first-order valence-electron chi connectivity index (χ1n) is 8.04. The highest BCUT2D eigenvalue weighted by Gasteiger charge is 2.38. The Bertz CT molecular complexity index is 566. The quantitative estimate of drug-likeness (QED) is 0.662. The molecule has 0 spiro atoms. The number of hydrogen-bond donors (Lipinski definition) is 0. The molecule has 1 amide bonds. The Morgan fingerprint density at radius 3 is 2.57 bits per heavy atom. The molecule has 0 radical (unpaired) electrons. The van der Waals surface area contributed by atoms with Gasteiger partial charge in [0.25, 0.3) is 0 Å². The zero-order chi connectivity index (χ0) is 17.3. The number of benzene rings is 1. The molecule has 1 aromatic rings. The van der Waals surface area contributed by atoms with Crippen molar-refractivity contribution in [2.75, 3.05) is 19.6 Å². The molecule has 1 fully saturated rings. The Balaban J connectivity index is 2.00. The summed E-state index contributed by atoms with van der Waals surface area (Å²) in [6, 6.07) is 8.58. The zero-order valence-electron chi connectivity index (χ0n) is 14.7. The van der Waals surface area contributed by atoms with Crippen molar-refractivity contribution in [1.82, 2.24) is 9.80 Å². The largest absolute Gasteiger partial charge is 0.444 e. The normalized spacial score (nSPS) is 18.8. The summed E-state index contributed by atoms with van der Waals surface area (Å²) in [5.41, 5.74) is 0.631. The van der Waals surface area contributed by atoms with Crippen LogP contribution in [0.3, 0.4) is 0 Å². The molecule has 23 heavy (non-hydrogen) atoms. The second kappa shape index (κ2) is 6.97. The predicted molar refractivity (Wildman–Crippen MR) is 101 cm³/mol. The monoisotopic (exact) mass is 430 g/mol. The van der Waals surface area contributed by atoms with Crippen LogP contribution in [-0.2, 0) is 11.3 Å². The minimum atomic E-state index is -0.453. The van der Waals surface area contributed by atoms with E-state index < -0.39 is 5.60 Å². The predicted octanol–water partition coefficient (Wildman–Crippen LogP) is 4.12. The van der Waals surface area contributed by atoms with Crippen LogP contribution in [-0.4, -0.2) is 46.7 Å². The highest BCUT2D eigenvalue weighted by molar-refractivity contribution is 14.1. The van der Waals surface area contributed by atoms with E-state index in [1.54, 1.807) is 0 Å². The summed E-state index contributed by atoms with van der Waals surface area (Å²) in [5.74, 6) is 0. The number of hydrogen-bond acceptors (Lipinski definition) is 3. The Morgan fingerprint density at radius 1 is 1.30 bits per heavy atom. The van der Waals surface area contributed by atoms with E-state index in [1.807, 2.05) is 25.7 Å². The van der Waals surface area contributed by atoms with Crippen LogP contribution in [0, 0.1) is 3.57 Å². The lowest BCUT2D eigenvalue weighted by Crippen LogP contribution is -2.61. The van der Waals surface area contributed by atoms with Gasteiger partial charge in [0.1, 0.15) is 5.60 Å². The lowest BCUT2D eigenvalue weighted by molar-refractivity contribution is -0.0244. The SMILES string of the molecule is CC(C)(C)OC(=O)N1CCN(Cc2cccc(I)c2)CC1(C)C. The summed E-state index contributed by atoms with van der Waals surface area (Å²) in [5, 5.41) is 0. The summed E-state index contributed by atoms with van der Waals surface area (Å²) in [6.45, 7) is 13.3.